The number of carbonyl (C=O) groups excluding carboxylic acids is 1. The van der Waals surface area contributed by atoms with Crippen LogP contribution < -0.4 is 14.8 Å². The predicted molar refractivity (Wildman–Crippen MR) is 77.9 cm³/mol. The van der Waals surface area contributed by atoms with E-state index in [0.717, 1.165) is 11.3 Å². The lowest BCUT2D eigenvalue weighted by Crippen LogP contribution is -2.38. The Morgan fingerprint density at radius 3 is 2.95 bits per heavy atom. The van der Waals surface area contributed by atoms with Crippen molar-refractivity contribution < 1.29 is 19.4 Å². The SMILES string of the molecule is COc1cccc(CC2Oc3cc(O)ccc3NC2=O)c1. The molecule has 3 rings (SSSR count). The second-order valence-corrected chi connectivity index (χ2v) is 4.83. The van der Waals surface area contributed by atoms with Crippen molar-refractivity contribution in [3.05, 3.63) is 48.0 Å². The van der Waals surface area contributed by atoms with Crippen molar-refractivity contribution in [2.24, 2.45) is 0 Å². The Morgan fingerprint density at radius 1 is 1.29 bits per heavy atom. The molecule has 5 heteroatoms. The van der Waals surface area contributed by atoms with Crippen LogP contribution in [-0.2, 0) is 11.2 Å². The molecule has 0 aliphatic carbocycles. The van der Waals surface area contributed by atoms with Crippen LogP contribution in [-0.4, -0.2) is 24.2 Å². The topological polar surface area (TPSA) is 67.8 Å². The molecule has 21 heavy (non-hydrogen) atoms. The van der Waals surface area contributed by atoms with Crippen molar-refractivity contribution in [3.8, 4) is 17.2 Å². The van der Waals surface area contributed by atoms with Gasteiger partial charge in [-0.05, 0) is 29.8 Å². The maximum atomic E-state index is 12.1. The highest BCUT2D eigenvalue weighted by Crippen LogP contribution is 2.33. The fraction of sp³-hybridized carbons (Fsp3) is 0.188. The number of ether oxygens (including phenoxy) is 2. The summed E-state index contributed by atoms with van der Waals surface area (Å²) in [4.78, 5) is 12.1. The third-order valence-corrected chi connectivity index (χ3v) is 3.34. The van der Waals surface area contributed by atoms with Crippen molar-refractivity contribution in [1.82, 2.24) is 0 Å². The normalized spacial score (nSPS) is 16.6. The average molecular weight is 285 g/mol. The molecule has 2 aromatic rings. The number of hydrogen-bond acceptors (Lipinski definition) is 4. The number of carbonyl (C=O) groups is 1. The molecule has 2 N–H and O–H groups in total. The first kappa shape index (κ1) is 13.3. The van der Waals surface area contributed by atoms with Gasteiger partial charge >= 0.3 is 0 Å². The summed E-state index contributed by atoms with van der Waals surface area (Å²) in [6, 6.07) is 12.1. The number of fused-ring (bicyclic) bond motifs is 1. The van der Waals surface area contributed by atoms with E-state index in [1.807, 2.05) is 24.3 Å². The van der Waals surface area contributed by atoms with Gasteiger partial charge in [0.1, 0.15) is 17.2 Å². The number of rotatable bonds is 3. The van der Waals surface area contributed by atoms with Gasteiger partial charge < -0.3 is 19.9 Å². The summed E-state index contributed by atoms with van der Waals surface area (Å²) in [5.74, 6) is 1.12. The minimum absolute atomic E-state index is 0.102. The second kappa shape index (κ2) is 5.36. The highest BCUT2D eigenvalue weighted by Gasteiger charge is 2.28. The fourth-order valence-corrected chi connectivity index (χ4v) is 2.28. The van der Waals surface area contributed by atoms with Gasteiger partial charge in [0.15, 0.2) is 6.10 Å². The second-order valence-electron chi connectivity index (χ2n) is 4.83. The number of anilines is 1. The molecule has 0 aromatic heterocycles. The summed E-state index contributed by atoms with van der Waals surface area (Å²) in [6.45, 7) is 0. The van der Waals surface area contributed by atoms with Crippen LogP contribution in [0.4, 0.5) is 5.69 Å². The number of amides is 1. The number of phenols is 1. The minimum Gasteiger partial charge on any atom is -0.508 e. The number of benzene rings is 2. The summed E-state index contributed by atoms with van der Waals surface area (Å²) in [6.07, 6.45) is -0.204. The van der Waals surface area contributed by atoms with Gasteiger partial charge in [0.2, 0.25) is 0 Å². The summed E-state index contributed by atoms with van der Waals surface area (Å²) in [5.41, 5.74) is 1.51. The smallest absolute Gasteiger partial charge is 0.265 e. The first-order valence-corrected chi connectivity index (χ1v) is 6.59. The molecule has 108 valence electrons. The van der Waals surface area contributed by atoms with E-state index in [-0.39, 0.29) is 11.7 Å². The summed E-state index contributed by atoms with van der Waals surface area (Å²) >= 11 is 0. The summed E-state index contributed by atoms with van der Waals surface area (Å²) in [5, 5.41) is 12.3. The van der Waals surface area contributed by atoms with E-state index in [2.05, 4.69) is 5.32 Å². The molecule has 1 heterocycles. The van der Waals surface area contributed by atoms with Gasteiger partial charge in [-0.2, -0.15) is 0 Å². The van der Waals surface area contributed by atoms with Crippen LogP contribution in [0.2, 0.25) is 0 Å². The van der Waals surface area contributed by atoms with Gasteiger partial charge in [-0.3, -0.25) is 4.79 Å². The van der Waals surface area contributed by atoms with E-state index < -0.39 is 6.10 Å². The largest absolute Gasteiger partial charge is 0.508 e. The number of aromatic hydroxyl groups is 1. The van der Waals surface area contributed by atoms with Crippen molar-refractivity contribution in [3.63, 3.8) is 0 Å². The van der Waals surface area contributed by atoms with Crippen LogP contribution >= 0.6 is 0 Å². The first-order valence-electron chi connectivity index (χ1n) is 6.59. The maximum Gasteiger partial charge on any atom is 0.265 e. The monoisotopic (exact) mass is 285 g/mol. The van der Waals surface area contributed by atoms with E-state index in [1.165, 1.54) is 12.1 Å². The molecular formula is C16H15NO4. The van der Waals surface area contributed by atoms with Crippen molar-refractivity contribution in [1.29, 1.82) is 0 Å². The van der Waals surface area contributed by atoms with Crippen LogP contribution in [0, 0.1) is 0 Å². The molecule has 2 aromatic carbocycles. The lowest BCUT2D eigenvalue weighted by atomic mass is 10.1. The third kappa shape index (κ3) is 2.76. The Bertz CT molecular complexity index is 684. The Morgan fingerprint density at radius 2 is 2.14 bits per heavy atom. The zero-order chi connectivity index (χ0) is 14.8. The lowest BCUT2D eigenvalue weighted by Gasteiger charge is -2.26. The molecule has 0 radical (unpaired) electrons. The van der Waals surface area contributed by atoms with Crippen LogP contribution in [0.3, 0.4) is 0 Å². The molecule has 1 amide bonds. The zero-order valence-electron chi connectivity index (χ0n) is 11.5. The molecular weight excluding hydrogens is 270 g/mol. The third-order valence-electron chi connectivity index (χ3n) is 3.34. The number of nitrogens with one attached hydrogen (secondary N) is 1. The van der Waals surface area contributed by atoms with Gasteiger partial charge in [0, 0.05) is 12.5 Å². The number of hydrogen-bond donors (Lipinski definition) is 2. The fourth-order valence-electron chi connectivity index (χ4n) is 2.28. The first-order chi connectivity index (χ1) is 10.2. The Hall–Kier alpha value is -2.69. The molecule has 0 fully saturated rings. The summed E-state index contributed by atoms with van der Waals surface area (Å²) < 4.78 is 10.9. The molecule has 1 aliphatic heterocycles. The highest BCUT2D eigenvalue weighted by atomic mass is 16.5. The Kier molecular flexibility index (Phi) is 3.39. The zero-order valence-corrected chi connectivity index (χ0v) is 11.5. The van der Waals surface area contributed by atoms with Crippen LogP contribution in [0.15, 0.2) is 42.5 Å². The van der Waals surface area contributed by atoms with Crippen LogP contribution in [0.5, 0.6) is 17.2 Å². The molecule has 0 spiro atoms. The van der Waals surface area contributed by atoms with Gasteiger partial charge in [0.05, 0.1) is 12.8 Å². The molecule has 1 atom stereocenters. The molecule has 1 unspecified atom stereocenters. The van der Waals surface area contributed by atoms with E-state index >= 15 is 0 Å². The molecule has 1 aliphatic rings. The number of phenolic OH excluding ortho intramolecular Hbond substituents is 1. The molecule has 5 nitrogen and oxygen atoms in total. The van der Waals surface area contributed by atoms with E-state index in [4.69, 9.17) is 9.47 Å². The standard InChI is InChI=1S/C16H15NO4/c1-20-12-4-2-3-10(7-12)8-15-16(19)17-13-6-5-11(18)9-14(13)21-15/h2-7,9,15,18H,8H2,1H3,(H,17,19). The van der Waals surface area contributed by atoms with Gasteiger partial charge in [-0.1, -0.05) is 12.1 Å². The Labute approximate surface area is 122 Å². The predicted octanol–water partition coefficient (Wildman–Crippen LogP) is 2.34. The summed E-state index contributed by atoms with van der Waals surface area (Å²) in [7, 11) is 1.60. The van der Waals surface area contributed by atoms with Crippen molar-refractivity contribution in [2.45, 2.75) is 12.5 Å². The lowest BCUT2D eigenvalue weighted by molar-refractivity contribution is -0.123. The average Bonchev–Trinajstić information content (AvgIpc) is 2.49. The Balaban J connectivity index is 1.81. The highest BCUT2D eigenvalue weighted by molar-refractivity contribution is 5.98. The van der Waals surface area contributed by atoms with Gasteiger partial charge in [-0.15, -0.1) is 0 Å². The van der Waals surface area contributed by atoms with E-state index in [9.17, 15) is 9.90 Å². The quantitative estimate of drug-likeness (QED) is 0.849. The van der Waals surface area contributed by atoms with Crippen LogP contribution in [0.25, 0.3) is 0 Å². The molecule has 0 bridgehead atoms. The van der Waals surface area contributed by atoms with Gasteiger partial charge in [-0.25, -0.2) is 0 Å². The number of methoxy groups -OCH3 is 1. The molecule has 0 saturated heterocycles. The van der Waals surface area contributed by atoms with Crippen LogP contribution in [0.1, 0.15) is 5.56 Å². The van der Waals surface area contributed by atoms with Crippen molar-refractivity contribution in [2.75, 3.05) is 12.4 Å². The van der Waals surface area contributed by atoms with Gasteiger partial charge in [0.25, 0.3) is 5.91 Å². The maximum absolute atomic E-state index is 12.1. The van der Waals surface area contributed by atoms with E-state index in [0.29, 0.717) is 17.9 Å². The molecule has 0 saturated carbocycles. The van der Waals surface area contributed by atoms with Crippen molar-refractivity contribution >= 4 is 11.6 Å². The van der Waals surface area contributed by atoms with E-state index in [1.54, 1.807) is 13.2 Å². The minimum atomic E-state index is -0.633.